The minimum atomic E-state index is -0.678. The zero-order chi connectivity index (χ0) is 22.9. The smallest absolute Gasteiger partial charge is 0.260 e. The molecule has 1 fully saturated rings. The number of halogens is 1. The van der Waals surface area contributed by atoms with Gasteiger partial charge in [-0.25, -0.2) is 9.37 Å². The Morgan fingerprint density at radius 1 is 1.06 bits per heavy atom. The lowest BCUT2D eigenvalue weighted by Crippen LogP contribution is -2.52. The highest BCUT2D eigenvalue weighted by Gasteiger charge is 2.45. The van der Waals surface area contributed by atoms with Crippen molar-refractivity contribution in [3.8, 4) is 0 Å². The van der Waals surface area contributed by atoms with Gasteiger partial charge in [0, 0.05) is 36.6 Å². The van der Waals surface area contributed by atoms with Crippen molar-refractivity contribution in [3.05, 3.63) is 77.4 Å². The Labute approximate surface area is 197 Å². The van der Waals surface area contributed by atoms with Gasteiger partial charge in [0.1, 0.15) is 17.7 Å². The number of fused-ring (bicyclic) bond motifs is 2. The Morgan fingerprint density at radius 2 is 1.85 bits per heavy atom. The van der Waals surface area contributed by atoms with Crippen molar-refractivity contribution in [2.75, 3.05) is 21.7 Å². The van der Waals surface area contributed by atoms with E-state index in [0.29, 0.717) is 34.0 Å². The van der Waals surface area contributed by atoms with Crippen LogP contribution in [-0.4, -0.2) is 40.9 Å². The van der Waals surface area contributed by atoms with Gasteiger partial charge in [0.2, 0.25) is 5.91 Å². The van der Waals surface area contributed by atoms with Crippen molar-refractivity contribution in [2.24, 2.45) is 0 Å². The number of hydrogen-bond acceptors (Lipinski definition) is 5. The van der Waals surface area contributed by atoms with Crippen LogP contribution in [0.4, 0.5) is 21.7 Å². The third-order valence-electron chi connectivity index (χ3n) is 6.77. The Kier molecular flexibility index (Phi) is 5.11. The number of likely N-dealkylation sites (N-methyl/N-ethyl adjacent to an activating group) is 1. The molecule has 0 bridgehead atoms. The van der Waals surface area contributed by atoms with Crippen LogP contribution in [0.15, 0.2) is 54.9 Å². The van der Waals surface area contributed by atoms with E-state index in [4.69, 9.17) is 4.98 Å². The van der Waals surface area contributed by atoms with Gasteiger partial charge in [-0.15, -0.1) is 0 Å². The first-order valence-electron chi connectivity index (χ1n) is 11.1. The molecule has 174 valence electrons. The highest BCUT2D eigenvalue weighted by molar-refractivity contribution is 6.12. The lowest BCUT2D eigenvalue weighted by Gasteiger charge is -2.40. The molecular formula is C26H26FN5O2. The second-order valence-corrected chi connectivity index (χ2v) is 8.79. The minimum absolute atomic E-state index is 0. The summed E-state index contributed by atoms with van der Waals surface area (Å²) in [5.41, 5.74) is 2.06. The number of carbonyl (C=O) groups is 2. The Balaban J connectivity index is 0.00000241. The van der Waals surface area contributed by atoms with Crippen molar-refractivity contribution in [1.82, 2.24) is 9.97 Å². The van der Waals surface area contributed by atoms with E-state index in [1.165, 1.54) is 11.0 Å². The average molecular weight is 460 g/mol. The SMILES string of the molecule is C.CC1C(=O)N(C)c2ccc(N3C(=O)c4cccc(F)c4C3c3cccnc3)nc2N1C1CC1. The fraction of sp³-hybridized carbons (Fsp3) is 0.308. The molecule has 1 saturated carbocycles. The lowest BCUT2D eigenvalue weighted by molar-refractivity contribution is -0.119. The van der Waals surface area contributed by atoms with E-state index in [2.05, 4.69) is 9.88 Å². The standard InChI is InChI=1S/C25H22FN5O2.CH4/c1-14-24(32)29(2)19-10-11-20(28-23(19)30(14)16-8-9-16)31-22(15-5-4-12-27-13-15)21-17(25(31)33)6-3-7-18(21)26;/h3-7,10-14,16,22H,8-9H2,1-2H3;1H4. The zero-order valence-corrected chi connectivity index (χ0v) is 18.3. The van der Waals surface area contributed by atoms with Crippen LogP contribution in [-0.2, 0) is 4.79 Å². The molecule has 34 heavy (non-hydrogen) atoms. The molecule has 0 spiro atoms. The average Bonchev–Trinajstić information content (AvgIpc) is 3.61. The molecule has 2 unspecified atom stereocenters. The summed E-state index contributed by atoms with van der Waals surface area (Å²) in [6, 6.07) is 11.0. The number of amides is 2. The molecule has 3 aliphatic rings. The van der Waals surface area contributed by atoms with E-state index >= 15 is 4.39 Å². The Morgan fingerprint density at radius 3 is 2.56 bits per heavy atom. The third-order valence-corrected chi connectivity index (χ3v) is 6.77. The van der Waals surface area contributed by atoms with Crippen LogP contribution in [0.1, 0.15) is 54.7 Å². The minimum Gasteiger partial charge on any atom is -0.340 e. The summed E-state index contributed by atoms with van der Waals surface area (Å²) in [6.07, 6.45) is 5.30. The molecule has 2 aromatic heterocycles. The molecule has 0 N–H and O–H groups in total. The molecule has 6 rings (SSSR count). The van der Waals surface area contributed by atoms with Crippen molar-refractivity contribution in [2.45, 2.75) is 45.3 Å². The molecular weight excluding hydrogens is 433 g/mol. The van der Waals surface area contributed by atoms with Crippen LogP contribution in [0.2, 0.25) is 0 Å². The monoisotopic (exact) mass is 459 g/mol. The van der Waals surface area contributed by atoms with E-state index in [1.54, 1.807) is 48.6 Å². The first-order valence-corrected chi connectivity index (χ1v) is 11.1. The normalized spacial score (nSPS) is 21.3. The van der Waals surface area contributed by atoms with Crippen molar-refractivity contribution in [3.63, 3.8) is 0 Å². The van der Waals surface area contributed by atoms with Crippen LogP contribution in [0, 0.1) is 5.82 Å². The van der Waals surface area contributed by atoms with Crippen LogP contribution < -0.4 is 14.7 Å². The fourth-order valence-corrected chi connectivity index (χ4v) is 5.03. The van der Waals surface area contributed by atoms with E-state index < -0.39 is 11.9 Å². The largest absolute Gasteiger partial charge is 0.340 e. The van der Waals surface area contributed by atoms with Gasteiger partial charge in [-0.05, 0) is 55.7 Å². The topological polar surface area (TPSA) is 69.6 Å². The molecule has 3 aromatic rings. The maximum absolute atomic E-state index is 15.0. The maximum Gasteiger partial charge on any atom is 0.260 e. The first kappa shape index (κ1) is 22.0. The number of hydrogen-bond donors (Lipinski definition) is 0. The molecule has 0 radical (unpaired) electrons. The summed E-state index contributed by atoms with van der Waals surface area (Å²) in [5, 5.41) is 0. The molecule has 0 saturated heterocycles. The number of pyridine rings is 2. The first-order chi connectivity index (χ1) is 16.0. The molecule has 2 amide bonds. The molecule has 8 heteroatoms. The molecule has 2 aliphatic heterocycles. The van der Waals surface area contributed by atoms with Gasteiger partial charge < -0.3 is 9.80 Å². The Hall–Kier alpha value is -3.81. The third kappa shape index (κ3) is 3.09. The predicted molar refractivity (Wildman–Crippen MR) is 129 cm³/mol. The number of rotatable bonds is 3. The fourth-order valence-electron chi connectivity index (χ4n) is 5.03. The molecule has 2 atom stereocenters. The van der Waals surface area contributed by atoms with Crippen LogP contribution in [0.25, 0.3) is 0 Å². The molecule has 4 heterocycles. The van der Waals surface area contributed by atoms with E-state index in [0.717, 1.165) is 12.8 Å². The number of carbonyl (C=O) groups excluding carboxylic acids is 2. The number of benzene rings is 1. The summed E-state index contributed by atoms with van der Waals surface area (Å²) < 4.78 is 15.0. The highest BCUT2D eigenvalue weighted by atomic mass is 19.1. The quantitative estimate of drug-likeness (QED) is 0.583. The van der Waals surface area contributed by atoms with Crippen molar-refractivity contribution in [1.29, 1.82) is 0 Å². The van der Waals surface area contributed by atoms with E-state index in [9.17, 15) is 9.59 Å². The maximum atomic E-state index is 15.0. The van der Waals surface area contributed by atoms with Gasteiger partial charge in [-0.1, -0.05) is 19.6 Å². The van der Waals surface area contributed by atoms with Gasteiger partial charge >= 0.3 is 0 Å². The van der Waals surface area contributed by atoms with Crippen LogP contribution in [0.3, 0.4) is 0 Å². The van der Waals surface area contributed by atoms with Crippen LogP contribution >= 0.6 is 0 Å². The molecule has 1 aromatic carbocycles. The number of aromatic nitrogens is 2. The van der Waals surface area contributed by atoms with Gasteiger partial charge in [-0.2, -0.15) is 0 Å². The van der Waals surface area contributed by atoms with E-state index in [1.807, 2.05) is 19.1 Å². The van der Waals surface area contributed by atoms with Crippen LogP contribution in [0.5, 0.6) is 0 Å². The summed E-state index contributed by atoms with van der Waals surface area (Å²) in [4.78, 5) is 40.6. The second kappa shape index (κ2) is 7.90. The predicted octanol–water partition coefficient (Wildman–Crippen LogP) is 4.34. The van der Waals surface area contributed by atoms with Gasteiger partial charge in [0.25, 0.3) is 5.91 Å². The van der Waals surface area contributed by atoms with Gasteiger partial charge in [0.15, 0.2) is 5.82 Å². The summed E-state index contributed by atoms with van der Waals surface area (Å²) in [7, 11) is 1.74. The Bertz CT molecular complexity index is 1290. The summed E-state index contributed by atoms with van der Waals surface area (Å²) in [5.74, 6) is 0.372. The number of nitrogens with zero attached hydrogens (tertiary/aromatic N) is 5. The summed E-state index contributed by atoms with van der Waals surface area (Å²) >= 11 is 0. The van der Waals surface area contributed by atoms with E-state index in [-0.39, 0.29) is 31.3 Å². The molecule has 1 aliphatic carbocycles. The second-order valence-electron chi connectivity index (χ2n) is 8.79. The van der Waals surface area contributed by atoms with Gasteiger partial charge in [0.05, 0.1) is 11.7 Å². The van der Waals surface area contributed by atoms with Crippen molar-refractivity contribution < 1.29 is 14.0 Å². The summed E-state index contributed by atoms with van der Waals surface area (Å²) in [6.45, 7) is 1.89. The lowest BCUT2D eigenvalue weighted by atomic mass is 9.98. The molecule has 7 nitrogen and oxygen atoms in total. The number of anilines is 3. The van der Waals surface area contributed by atoms with Gasteiger partial charge in [-0.3, -0.25) is 19.5 Å². The van der Waals surface area contributed by atoms with Crippen molar-refractivity contribution >= 4 is 29.1 Å². The highest BCUT2D eigenvalue weighted by Crippen LogP contribution is 2.46. The zero-order valence-electron chi connectivity index (χ0n) is 18.3.